The van der Waals surface area contributed by atoms with E-state index in [4.69, 9.17) is 0 Å². The smallest absolute Gasteiger partial charge is 0.248 e. The van der Waals surface area contributed by atoms with Crippen molar-refractivity contribution in [3.63, 3.8) is 0 Å². The highest BCUT2D eigenvalue weighted by atomic mass is 15.0. The number of rotatable bonds is 1. The molecule has 8 rings (SSSR count). The lowest BCUT2D eigenvalue weighted by Crippen LogP contribution is -2.53. The SMILES string of the molecule is c1ccc(-c2ccc3c(c2)B2c4c-3cccc4-n3c4ccccc4c4cccc2c43)cc1. The van der Waals surface area contributed by atoms with Crippen LogP contribution in [0.15, 0.2) is 109 Å². The van der Waals surface area contributed by atoms with Gasteiger partial charge in [-0.25, -0.2) is 0 Å². The van der Waals surface area contributed by atoms with Crippen LogP contribution in [0.2, 0.25) is 0 Å². The Hall–Kier alpha value is -4.04. The lowest BCUT2D eigenvalue weighted by molar-refractivity contribution is 1.19. The van der Waals surface area contributed by atoms with Crippen molar-refractivity contribution in [2.75, 3.05) is 0 Å². The first-order chi connectivity index (χ1) is 15.9. The predicted molar refractivity (Wildman–Crippen MR) is 136 cm³/mol. The minimum Gasteiger partial charge on any atom is -0.310 e. The molecule has 0 bridgehead atoms. The quantitative estimate of drug-likeness (QED) is 0.330. The predicted octanol–water partition coefficient (Wildman–Crippen LogP) is 5.26. The molecule has 2 aliphatic rings. The van der Waals surface area contributed by atoms with Gasteiger partial charge in [-0.1, -0.05) is 103 Å². The van der Waals surface area contributed by atoms with Gasteiger partial charge in [-0.3, -0.25) is 0 Å². The van der Waals surface area contributed by atoms with Gasteiger partial charge in [0.15, 0.2) is 0 Å². The molecular formula is C30H18BN. The van der Waals surface area contributed by atoms with Gasteiger partial charge < -0.3 is 4.57 Å². The van der Waals surface area contributed by atoms with Crippen molar-refractivity contribution in [3.05, 3.63) is 109 Å². The van der Waals surface area contributed by atoms with E-state index in [2.05, 4.69) is 114 Å². The monoisotopic (exact) mass is 403 g/mol. The van der Waals surface area contributed by atoms with Crippen LogP contribution in [-0.2, 0) is 0 Å². The lowest BCUT2D eigenvalue weighted by Gasteiger charge is -2.24. The van der Waals surface area contributed by atoms with E-state index < -0.39 is 0 Å². The van der Waals surface area contributed by atoms with Crippen molar-refractivity contribution in [2.24, 2.45) is 0 Å². The number of fused-ring (bicyclic) bond motifs is 8. The van der Waals surface area contributed by atoms with Gasteiger partial charge in [0.1, 0.15) is 0 Å². The van der Waals surface area contributed by atoms with Crippen molar-refractivity contribution >= 4 is 44.9 Å². The van der Waals surface area contributed by atoms with Crippen molar-refractivity contribution in [1.82, 2.24) is 4.57 Å². The molecule has 0 radical (unpaired) electrons. The molecule has 2 aliphatic heterocycles. The van der Waals surface area contributed by atoms with Crippen LogP contribution in [0.5, 0.6) is 0 Å². The Morgan fingerprint density at radius 1 is 0.531 bits per heavy atom. The second kappa shape index (κ2) is 5.80. The molecule has 0 spiro atoms. The fraction of sp³-hybridized carbons (Fsp3) is 0. The second-order valence-corrected chi connectivity index (χ2v) is 8.94. The molecule has 1 nitrogen and oxygen atoms in total. The number of hydrogen-bond donors (Lipinski definition) is 0. The third-order valence-corrected chi connectivity index (χ3v) is 7.41. The fourth-order valence-electron chi connectivity index (χ4n) is 6.15. The van der Waals surface area contributed by atoms with E-state index in [1.807, 2.05) is 0 Å². The van der Waals surface area contributed by atoms with Gasteiger partial charge in [0, 0.05) is 22.0 Å². The molecule has 6 aromatic rings. The van der Waals surface area contributed by atoms with E-state index in [1.54, 1.807) is 0 Å². The van der Waals surface area contributed by atoms with Gasteiger partial charge >= 0.3 is 0 Å². The summed E-state index contributed by atoms with van der Waals surface area (Å²) in [6, 6.07) is 40.3. The van der Waals surface area contributed by atoms with Crippen LogP contribution in [0.25, 0.3) is 49.7 Å². The summed E-state index contributed by atoms with van der Waals surface area (Å²) in [5.41, 5.74) is 13.6. The Labute approximate surface area is 186 Å². The molecule has 1 aromatic heterocycles. The van der Waals surface area contributed by atoms with Gasteiger partial charge in [-0.05, 0) is 45.3 Å². The number of para-hydroxylation sites is 2. The highest BCUT2D eigenvalue weighted by molar-refractivity contribution is 7.01. The van der Waals surface area contributed by atoms with Crippen LogP contribution in [-0.4, -0.2) is 11.3 Å². The zero-order valence-electron chi connectivity index (χ0n) is 17.4. The van der Waals surface area contributed by atoms with E-state index >= 15 is 0 Å². The number of nitrogens with zero attached hydrogens (tertiary/aromatic N) is 1. The average molecular weight is 403 g/mol. The normalized spacial score (nSPS) is 12.9. The first-order valence-corrected chi connectivity index (χ1v) is 11.3. The van der Waals surface area contributed by atoms with Gasteiger partial charge in [-0.2, -0.15) is 0 Å². The summed E-state index contributed by atoms with van der Waals surface area (Å²) in [6.07, 6.45) is 0. The van der Waals surface area contributed by atoms with Crippen molar-refractivity contribution in [2.45, 2.75) is 0 Å². The zero-order chi connectivity index (χ0) is 20.8. The molecule has 0 atom stereocenters. The Bertz CT molecular complexity index is 1730. The maximum absolute atomic E-state index is 2.50. The molecule has 32 heavy (non-hydrogen) atoms. The number of aromatic nitrogens is 1. The molecule has 0 saturated heterocycles. The molecule has 146 valence electrons. The minimum absolute atomic E-state index is 0.278. The molecule has 0 fully saturated rings. The Morgan fingerprint density at radius 3 is 2.28 bits per heavy atom. The highest BCUT2D eigenvalue weighted by Crippen LogP contribution is 2.37. The van der Waals surface area contributed by atoms with Crippen LogP contribution in [0.4, 0.5) is 0 Å². The first-order valence-electron chi connectivity index (χ1n) is 11.3. The summed E-state index contributed by atoms with van der Waals surface area (Å²) in [5.74, 6) is 0. The summed E-state index contributed by atoms with van der Waals surface area (Å²) in [6.45, 7) is 0.278. The Kier molecular flexibility index (Phi) is 3.02. The van der Waals surface area contributed by atoms with Crippen LogP contribution in [0, 0.1) is 0 Å². The second-order valence-electron chi connectivity index (χ2n) is 8.94. The molecule has 0 amide bonds. The van der Waals surface area contributed by atoms with Crippen molar-refractivity contribution in [1.29, 1.82) is 0 Å². The zero-order valence-corrected chi connectivity index (χ0v) is 17.4. The maximum atomic E-state index is 2.50. The van der Waals surface area contributed by atoms with E-state index in [0.717, 1.165) is 0 Å². The first kappa shape index (κ1) is 16.6. The molecular weight excluding hydrogens is 385 g/mol. The summed E-state index contributed by atoms with van der Waals surface area (Å²) in [5, 5.41) is 2.68. The molecule has 0 saturated carbocycles. The van der Waals surface area contributed by atoms with Gasteiger partial charge in [0.2, 0.25) is 6.71 Å². The standard InChI is InChI=1S/C30H18BN/c1-2-8-19(9-3-1)20-16-17-21-23-11-7-15-28-29(23)31(26(21)18-20)25-13-6-12-24-22-10-4-5-14-27(22)32(28)30(24)25/h1-18H. The van der Waals surface area contributed by atoms with E-state index in [0.29, 0.717) is 0 Å². The van der Waals surface area contributed by atoms with E-state index in [-0.39, 0.29) is 6.71 Å². The molecule has 3 heterocycles. The van der Waals surface area contributed by atoms with E-state index in [1.165, 1.54) is 66.1 Å². The van der Waals surface area contributed by atoms with E-state index in [9.17, 15) is 0 Å². The molecule has 0 unspecified atom stereocenters. The molecule has 5 aromatic carbocycles. The minimum atomic E-state index is 0.278. The van der Waals surface area contributed by atoms with Crippen LogP contribution in [0.3, 0.4) is 0 Å². The number of benzene rings is 5. The maximum Gasteiger partial charge on any atom is 0.248 e. The van der Waals surface area contributed by atoms with Crippen molar-refractivity contribution < 1.29 is 0 Å². The average Bonchev–Trinajstić information content (AvgIpc) is 3.38. The van der Waals surface area contributed by atoms with Gasteiger partial charge in [0.25, 0.3) is 0 Å². The lowest BCUT2D eigenvalue weighted by atomic mass is 9.37. The summed E-state index contributed by atoms with van der Waals surface area (Å²) in [7, 11) is 0. The molecule has 0 aliphatic carbocycles. The van der Waals surface area contributed by atoms with Crippen LogP contribution in [0.1, 0.15) is 0 Å². The summed E-state index contributed by atoms with van der Waals surface area (Å²) in [4.78, 5) is 0. The number of hydrogen-bond acceptors (Lipinski definition) is 0. The Balaban J connectivity index is 1.51. The highest BCUT2D eigenvalue weighted by Gasteiger charge is 2.40. The largest absolute Gasteiger partial charge is 0.310 e. The Morgan fingerprint density at radius 2 is 1.34 bits per heavy atom. The third-order valence-electron chi connectivity index (χ3n) is 7.41. The van der Waals surface area contributed by atoms with Crippen molar-refractivity contribution in [3.8, 4) is 27.9 Å². The fourth-order valence-corrected chi connectivity index (χ4v) is 6.15. The topological polar surface area (TPSA) is 4.93 Å². The molecule has 2 heteroatoms. The van der Waals surface area contributed by atoms with Crippen LogP contribution >= 0.6 is 0 Å². The van der Waals surface area contributed by atoms with Gasteiger partial charge in [-0.15, -0.1) is 0 Å². The molecule has 0 N–H and O–H groups in total. The summed E-state index contributed by atoms with van der Waals surface area (Å²) >= 11 is 0. The third kappa shape index (κ3) is 1.91. The van der Waals surface area contributed by atoms with Crippen LogP contribution < -0.4 is 16.4 Å². The van der Waals surface area contributed by atoms with Gasteiger partial charge in [0.05, 0.1) is 5.52 Å². The summed E-state index contributed by atoms with van der Waals surface area (Å²) < 4.78 is 2.50.